The van der Waals surface area contributed by atoms with Crippen LogP contribution in [0.2, 0.25) is 0 Å². The van der Waals surface area contributed by atoms with Crippen molar-refractivity contribution in [2.45, 2.75) is 32.6 Å². The van der Waals surface area contributed by atoms with Crippen molar-refractivity contribution >= 4 is 23.0 Å². The average Bonchev–Trinajstić information content (AvgIpc) is 3.06. The van der Waals surface area contributed by atoms with E-state index < -0.39 is 0 Å². The molecule has 0 atom stereocenters. The molecule has 138 valence electrons. The van der Waals surface area contributed by atoms with Gasteiger partial charge in [-0.25, -0.2) is 5.43 Å². The summed E-state index contributed by atoms with van der Waals surface area (Å²) in [5.74, 6) is 0.579. The number of aromatic amines is 1. The molecule has 0 radical (unpaired) electrons. The van der Waals surface area contributed by atoms with Crippen molar-refractivity contribution < 1.29 is 9.53 Å². The van der Waals surface area contributed by atoms with Gasteiger partial charge in [0, 0.05) is 22.2 Å². The number of carbonyl (C=O) groups excluding carboxylic acids is 1. The van der Waals surface area contributed by atoms with E-state index >= 15 is 0 Å². The Morgan fingerprint density at radius 1 is 1.22 bits per heavy atom. The molecular formula is C22H23N3O2. The molecule has 0 unspecified atom stereocenters. The molecule has 4 rings (SSSR count). The third-order valence-corrected chi connectivity index (χ3v) is 4.91. The smallest absolute Gasteiger partial charge is 0.271 e. The highest BCUT2D eigenvalue weighted by Gasteiger charge is 2.16. The highest BCUT2D eigenvalue weighted by molar-refractivity contribution is 5.99. The van der Waals surface area contributed by atoms with E-state index in [-0.39, 0.29) is 5.91 Å². The summed E-state index contributed by atoms with van der Waals surface area (Å²) in [5.41, 5.74) is 7.90. The summed E-state index contributed by atoms with van der Waals surface area (Å²) in [6.07, 6.45) is 6.23. The minimum atomic E-state index is -0.208. The summed E-state index contributed by atoms with van der Waals surface area (Å²) in [6, 6.07) is 13.4. The van der Waals surface area contributed by atoms with Gasteiger partial charge in [-0.15, -0.1) is 0 Å². The van der Waals surface area contributed by atoms with Crippen molar-refractivity contribution in [1.82, 2.24) is 10.4 Å². The second kappa shape index (κ2) is 7.66. The molecule has 1 heterocycles. The first kappa shape index (κ1) is 17.3. The lowest BCUT2D eigenvalue weighted by Gasteiger charge is -2.10. The maximum Gasteiger partial charge on any atom is 0.271 e. The molecule has 0 saturated carbocycles. The number of hydrogen-bond donors (Lipinski definition) is 2. The third-order valence-electron chi connectivity index (χ3n) is 4.91. The first-order chi connectivity index (χ1) is 13.2. The van der Waals surface area contributed by atoms with Crippen LogP contribution in [0.15, 0.2) is 47.6 Å². The van der Waals surface area contributed by atoms with Crippen LogP contribution in [0.25, 0.3) is 10.9 Å². The number of H-pyrrole nitrogens is 1. The van der Waals surface area contributed by atoms with E-state index in [1.165, 1.54) is 24.1 Å². The SMILES string of the molecule is CCOc1cccc(/C=N/NC(=O)c2ccc3[nH]c4c(c3c2)CCCC4)c1. The minimum Gasteiger partial charge on any atom is -0.494 e. The molecule has 1 amide bonds. The van der Waals surface area contributed by atoms with Gasteiger partial charge < -0.3 is 9.72 Å². The van der Waals surface area contributed by atoms with E-state index in [0.29, 0.717) is 12.2 Å². The summed E-state index contributed by atoms with van der Waals surface area (Å²) in [5, 5.41) is 5.24. The van der Waals surface area contributed by atoms with Crippen LogP contribution in [0, 0.1) is 0 Å². The maximum absolute atomic E-state index is 12.5. The van der Waals surface area contributed by atoms with Crippen LogP contribution in [-0.4, -0.2) is 23.7 Å². The topological polar surface area (TPSA) is 66.5 Å². The lowest BCUT2D eigenvalue weighted by molar-refractivity contribution is 0.0955. The summed E-state index contributed by atoms with van der Waals surface area (Å²) in [7, 11) is 0. The van der Waals surface area contributed by atoms with E-state index in [0.717, 1.165) is 35.1 Å². The normalized spacial score (nSPS) is 13.7. The molecule has 27 heavy (non-hydrogen) atoms. The van der Waals surface area contributed by atoms with Crippen molar-refractivity contribution in [2.24, 2.45) is 5.10 Å². The van der Waals surface area contributed by atoms with E-state index in [1.807, 2.05) is 49.4 Å². The van der Waals surface area contributed by atoms with Gasteiger partial charge in [-0.1, -0.05) is 12.1 Å². The molecule has 0 aliphatic heterocycles. The van der Waals surface area contributed by atoms with Crippen molar-refractivity contribution in [3.05, 3.63) is 64.8 Å². The van der Waals surface area contributed by atoms with Gasteiger partial charge in [-0.05, 0) is 74.1 Å². The van der Waals surface area contributed by atoms with Crippen LogP contribution >= 0.6 is 0 Å². The van der Waals surface area contributed by atoms with E-state index in [4.69, 9.17) is 4.74 Å². The van der Waals surface area contributed by atoms with Crippen LogP contribution in [0.5, 0.6) is 5.75 Å². The highest BCUT2D eigenvalue weighted by atomic mass is 16.5. The van der Waals surface area contributed by atoms with Crippen LogP contribution < -0.4 is 10.2 Å². The zero-order valence-electron chi connectivity index (χ0n) is 15.4. The van der Waals surface area contributed by atoms with Crippen molar-refractivity contribution in [1.29, 1.82) is 0 Å². The number of hydrazone groups is 1. The molecule has 0 saturated heterocycles. The van der Waals surface area contributed by atoms with Crippen molar-refractivity contribution in [3.8, 4) is 5.75 Å². The number of nitrogens with zero attached hydrogens (tertiary/aromatic N) is 1. The van der Waals surface area contributed by atoms with Gasteiger partial charge in [-0.2, -0.15) is 5.10 Å². The van der Waals surface area contributed by atoms with Gasteiger partial charge in [0.15, 0.2) is 0 Å². The second-order valence-corrected chi connectivity index (χ2v) is 6.75. The van der Waals surface area contributed by atoms with E-state index in [2.05, 4.69) is 15.5 Å². The fourth-order valence-corrected chi connectivity index (χ4v) is 3.63. The zero-order valence-corrected chi connectivity index (χ0v) is 15.4. The van der Waals surface area contributed by atoms with Gasteiger partial charge >= 0.3 is 0 Å². The molecular weight excluding hydrogens is 338 g/mol. The summed E-state index contributed by atoms with van der Waals surface area (Å²) in [6.45, 7) is 2.56. The lowest BCUT2D eigenvalue weighted by Crippen LogP contribution is -2.17. The maximum atomic E-state index is 12.5. The van der Waals surface area contributed by atoms with Gasteiger partial charge in [-0.3, -0.25) is 4.79 Å². The number of fused-ring (bicyclic) bond motifs is 3. The Morgan fingerprint density at radius 3 is 3.00 bits per heavy atom. The number of benzene rings is 2. The summed E-state index contributed by atoms with van der Waals surface area (Å²) < 4.78 is 5.47. The van der Waals surface area contributed by atoms with Crippen LogP contribution in [-0.2, 0) is 12.8 Å². The Morgan fingerprint density at radius 2 is 2.11 bits per heavy atom. The number of nitrogens with one attached hydrogen (secondary N) is 2. The number of aromatic nitrogens is 1. The largest absolute Gasteiger partial charge is 0.494 e. The molecule has 5 heteroatoms. The molecule has 1 aliphatic carbocycles. The predicted molar refractivity (Wildman–Crippen MR) is 108 cm³/mol. The average molecular weight is 361 g/mol. The van der Waals surface area contributed by atoms with Crippen molar-refractivity contribution in [3.63, 3.8) is 0 Å². The van der Waals surface area contributed by atoms with Gasteiger partial charge in [0.1, 0.15) is 5.75 Å². The van der Waals surface area contributed by atoms with Gasteiger partial charge in [0.25, 0.3) is 5.91 Å². The van der Waals surface area contributed by atoms with Crippen LogP contribution in [0.3, 0.4) is 0 Å². The fourth-order valence-electron chi connectivity index (χ4n) is 3.63. The first-order valence-corrected chi connectivity index (χ1v) is 9.44. The quantitative estimate of drug-likeness (QED) is 0.528. The molecule has 0 bridgehead atoms. The molecule has 5 nitrogen and oxygen atoms in total. The second-order valence-electron chi connectivity index (χ2n) is 6.75. The zero-order chi connectivity index (χ0) is 18.6. The van der Waals surface area contributed by atoms with Crippen LogP contribution in [0.1, 0.15) is 46.9 Å². The van der Waals surface area contributed by atoms with Gasteiger partial charge in [0.2, 0.25) is 0 Å². The Labute approximate surface area is 158 Å². The fraction of sp³-hybridized carbons (Fsp3) is 0.273. The molecule has 1 aliphatic rings. The predicted octanol–water partition coefficient (Wildman–Crippen LogP) is 4.21. The van der Waals surface area contributed by atoms with E-state index in [1.54, 1.807) is 6.21 Å². The molecule has 2 N–H and O–H groups in total. The molecule has 3 aromatic rings. The monoisotopic (exact) mass is 361 g/mol. The summed E-state index contributed by atoms with van der Waals surface area (Å²) >= 11 is 0. The minimum absolute atomic E-state index is 0.208. The first-order valence-electron chi connectivity index (χ1n) is 9.44. The molecule has 2 aromatic carbocycles. The van der Waals surface area contributed by atoms with E-state index in [9.17, 15) is 4.79 Å². The number of aryl methyl sites for hydroxylation is 2. The Kier molecular flexibility index (Phi) is 4.92. The number of amides is 1. The Bertz CT molecular complexity index is 1000. The molecule has 1 aromatic heterocycles. The van der Waals surface area contributed by atoms with Crippen molar-refractivity contribution in [2.75, 3.05) is 6.61 Å². The lowest BCUT2D eigenvalue weighted by atomic mass is 9.95. The van der Waals surface area contributed by atoms with Crippen LogP contribution in [0.4, 0.5) is 0 Å². The molecule has 0 spiro atoms. The number of rotatable bonds is 5. The number of hydrogen-bond acceptors (Lipinski definition) is 3. The standard InChI is InChI=1S/C22H23N3O2/c1-2-27-17-7-5-6-15(12-17)14-23-25-22(26)16-10-11-21-19(13-16)18-8-3-4-9-20(18)24-21/h5-7,10-14,24H,2-4,8-9H2,1H3,(H,25,26)/b23-14+. The molecule has 0 fully saturated rings. The number of ether oxygens (including phenoxy) is 1. The summed E-state index contributed by atoms with van der Waals surface area (Å²) in [4.78, 5) is 16.0. The Hall–Kier alpha value is -3.08. The number of carbonyl (C=O) groups is 1. The van der Waals surface area contributed by atoms with Gasteiger partial charge in [0.05, 0.1) is 12.8 Å². The highest BCUT2D eigenvalue weighted by Crippen LogP contribution is 2.29. The third kappa shape index (κ3) is 3.72. The Balaban J connectivity index is 1.49.